The largest absolute Gasteiger partial charge is 0.465 e. The highest BCUT2D eigenvalue weighted by Crippen LogP contribution is 2.11. The summed E-state index contributed by atoms with van der Waals surface area (Å²) in [6.07, 6.45) is -0.681. The minimum absolute atomic E-state index is 0.0626. The van der Waals surface area contributed by atoms with E-state index < -0.39 is 18.1 Å². The van der Waals surface area contributed by atoms with Crippen LogP contribution in [0.1, 0.15) is 30.6 Å². The van der Waals surface area contributed by atoms with Crippen molar-refractivity contribution in [3.05, 3.63) is 34.9 Å². The Morgan fingerprint density at radius 3 is 2.48 bits per heavy atom. The molecular formula is C15H20ClNO4. The summed E-state index contributed by atoms with van der Waals surface area (Å²) in [5.74, 6) is -0.584. The second-order valence-electron chi connectivity index (χ2n) is 4.60. The molecule has 0 spiro atoms. The summed E-state index contributed by atoms with van der Waals surface area (Å²) >= 11 is 5.76. The Balaban J connectivity index is 2.48. The van der Waals surface area contributed by atoms with Gasteiger partial charge in [0.15, 0.2) is 5.78 Å². The van der Waals surface area contributed by atoms with E-state index in [0.29, 0.717) is 10.6 Å². The number of aliphatic hydroxyl groups is 1. The van der Waals surface area contributed by atoms with Gasteiger partial charge in [0.05, 0.1) is 12.7 Å². The third-order valence-corrected chi connectivity index (χ3v) is 3.16. The first-order valence-electron chi connectivity index (χ1n) is 6.82. The zero-order chi connectivity index (χ0) is 15.8. The minimum atomic E-state index is -0.894. The second kappa shape index (κ2) is 8.77. The topological polar surface area (TPSA) is 75.6 Å². The van der Waals surface area contributed by atoms with Gasteiger partial charge in [-0.2, -0.15) is 0 Å². The number of halogens is 1. The van der Waals surface area contributed by atoms with E-state index in [9.17, 15) is 14.7 Å². The zero-order valence-corrected chi connectivity index (χ0v) is 12.9. The first kappa shape index (κ1) is 17.6. The molecule has 0 aromatic heterocycles. The molecule has 0 bridgehead atoms. The number of nitrogens with one attached hydrogen (secondary N) is 1. The molecule has 0 aliphatic rings. The number of carbonyl (C=O) groups is 2. The van der Waals surface area contributed by atoms with E-state index in [1.807, 2.05) is 0 Å². The van der Waals surface area contributed by atoms with Gasteiger partial charge in [-0.15, -0.1) is 0 Å². The molecule has 2 atom stereocenters. The van der Waals surface area contributed by atoms with Crippen molar-refractivity contribution in [3.63, 3.8) is 0 Å². The quantitative estimate of drug-likeness (QED) is 0.565. The van der Waals surface area contributed by atoms with Crippen LogP contribution in [-0.2, 0) is 9.53 Å². The highest BCUT2D eigenvalue weighted by molar-refractivity contribution is 6.30. The normalized spacial score (nSPS) is 13.5. The Morgan fingerprint density at radius 2 is 1.95 bits per heavy atom. The van der Waals surface area contributed by atoms with Crippen LogP contribution in [0.3, 0.4) is 0 Å². The lowest BCUT2D eigenvalue weighted by molar-refractivity contribution is -0.148. The lowest BCUT2D eigenvalue weighted by Crippen LogP contribution is -2.46. The molecule has 1 rings (SSSR count). The van der Waals surface area contributed by atoms with Gasteiger partial charge in [-0.05, 0) is 38.1 Å². The number of esters is 1. The third kappa shape index (κ3) is 5.83. The van der Waals surface area contributed by atoms with Crippen LogP contribution in [0.25, 0.3) is 0 Å². The molecule has 6 heteroatoms. The first-order chi connectivity index (χ1) is 9.95. The van der Waals surface area contributed by atoms with Crippen LogP contribution < -0.4 is 5.32 Å². The maximum atomic E-state index is 11.9. The molecule has 0 aliphatic heterocycles. The lowest BCUT2D eigenvalue weighted by atomic mass is 10.1. The van der Waals surface area contributed by atoms with Crippen LogP contribution in [0.4, 0.5) is 0 Å². The molecule has 116 valence electrons. The Morgan fingerprint density at radius 1 is 1.33 bits per heavy atom. The fraction of sp³-hybridized carbons (Fsp3) is 0.467. The van der Waals surface area contributed by atoms with Gasteiger partial charge in [0, 0.05) is 23.6 Å². The lowest BCUT2D eigenvalue weighted by Gasteiger charge is -2.19. The molecule has 1 aromatic rings. The van der Waals surface area contributed by atoms with Crippen LogP contribution in [0.15, 0.2) is 24.3 Å². The van der Waals surface area contributed by atoms with E-state index in [4.69, 9.17) is 16.3 Å². The monoisotopic (exact) mass is 313 g/mol. The summed E-state index contributed by atoms with van der Waals surface area (Å²) < 4.78 is 4.86. The molecule has 0 heterocycles. The van der Waals surface area contributed by atoms with Gasteiger partial charge in [0.1, 0.15) is 6.04 Å². The van der Waals surface area contributed by atoms with Crippen molar-refractivity contribution in [3.8, 4) is 0 Å². The molecule has 21 heavy (non-hydrogen) atoms. The van der Waals surface area contributed by atoms with Crippen molar-refractivity contribution < 1.29 is 19.4 Å². The fourth-order valence-electron chi connectivity index (χ4n) is 1.80. The van der Waals surface area contributed by atoms with Crippen LogP contribution in [0.5, 0.6) is 0 Å². The summed E-state index contributed by atoms with van der Waals surface area (Å²) in [6, 6.07) is 5.78. The Kier molecular flexibility index (Phi) is 7.36. The van der Waals surface area contributed by atoms with Gasteiger partial charge in [-0.3, -0.25) is 9.59 Å². The molecule has 0 fully saturated rings. The average Bonchev–Trinajstić information content (AvgIpc) is 2.43. The van der Waals surface area contributed by atoms with Gasteiger partial charge in [0.2, 0.25) is 0 Å². The van der Waals surface area contributed by atoms with Gasteiger partial charge < -0.3 is 15.2 Å². The summed E-state index contributed by atoms with van der Waals surface area (Å²) in [5.41, 5.74) is 0.561. The van der Waals surface area contributed by atoms with E-state index in [1.165, 1.54) is 6.92 Å². The number of ketones is 1. The number of hydrogen-bond acceptors (Lipinski definition) is 5. The second-order valence-corrected chi connectivity index (χ2v) is 5.04. The number of benzene rings is 1. The maximum Gasteiger partial charge on any atom is 0.325 e. The number of rotatable bonds is 8. The molecule has 0 aliphatic carbocycles. The van der Waals surface area contributed by atoms with Crippen molar-refractivity contribution in [1.29, 1.82) is 0 Å². The SMILES string of the molecule is CCOC(=O)[C@H](NCCC(=O)c1ccc(Cl)cc1)[C@@H](C)O. The zero-order valence-electron chi connectivity index (χ0n) is 12.1. The molecule has 0 unspecified atom stereocenters. The van der Waals surface area contributed by atoms with Gasteiger partial charge >= 0.3 is 5.97 Å². The predicted molar refractivity (Wildman–Crippen MR) is 80.5 cm³/mol. The highest BCUT2D eigenvalue weighted by Gasteiger charge is 2.24. The van der Waals surface area contributed by atoms with Crippen molar-refractivity contribution in [2.75, 3.05) is 13.2 Å². The maximum absolute atomic E-state index is 11.9. The average molecular weight is 314 g/mol. The van der Waals surface area contributed by atoms with E-state index in [-0.39, 0.29) is 25.4 Å². The fourth-order valence-corrected chi connectivity index (χ4v) is 1.93. The Hall–Kier alpha value is -1.43. The smallest absolute Gasteiger partial charge is 0.325 e. The molecule has 0 saturated heterocycles. The molecule has 0 amide bonds. The minimum Gasteiger partial charge on any atom is -0.465 e. The molecular weight excluding hydrogens is 294 g/mol. The molecule has 5 nitrogen and oxygen atoms in total. The first-order valence-corrected chi connectivity index (χ1v) is 7.20. The number of Topliss-reactive ketones (excluding diaryl/α,β-unsaturated/α-hetero) is 1. The van der Waals surface area contributed by atoms with Crippen LogP contribution in [0.2, 0.25) is 5.02 Å². The Labute approximate surface area is 129 Å². The van der Waals surface area contributed by atoms with E-state index >= 15 is 0 Å². The van der Waals surface area contributed by atoms with Crippen LogP contribution in [-0.4, -0.2) is 42.2 Å². The van der Waals surface area contributed by atoms with Crippen LogP contribution in [0, 0.1) is 0 Å². The van der Waals surface area contributed by atoms with Gasteiger partial charge in [-0.1, -0.05) is 11.6 Å². The highest BCUT2D eigenvalue weighted by atomic mass is 35.5. The number of aliphatic hydroxyl groups excluding tert-OH is 1. The van der Waals surface area contributed by atoms with E-state index in [1.54, 1.807) is 31.2 Å². The summed E-state index contributed by atoms with van der Waals surface area (Å²) in [7, 11) is 0. The van der Waals surface area contributed by atoms with Crippen LogP contribution >= 0.6 is 11.6 Å². The summed E-state index contributed by atoms with van der Waals surface area (Å²) in [5, 5.41) is 13.0. The van der Waals surface area contributed by atoms with Crippen molar-refractivity contribution in [2.24, 2.45) is 0 Å². The molecule has 1 aromatic carbocycles. The summed E-state index contributed by atoms with van der Waals surface area (Å²) in [6.45, 7) is 3.71. The van der Waals surface area contributed by atoms with Crippen molar-refractivity contribution in [1.82, 2.24) is 5.32 Å². The predicted octanol–water partition coefficient (Wildman–Crippen LogP) is 1.81. The van der Waals surface area contributed by atoms with Crippen molar-refractivity contribution >= 4 is 23.4 Å². The summed E-state index contributed by atoms with van der Waals surface area (Å²) in [4.78, 5) is 23.6. The Bertz CT molecular complexity index is 473. The standard InChI is InChI=1S/C15H20ClNO4/c1-3-21-15(20)14(10(2)18)17-9-8-13(19)11-4-6-12(16)7-5-11/h4-7,10,14,17-18H,3,8-9H2,1-2H3/t10-,14-/m1/s1. The number of carbonyl (C=O) groups excluding carboxylic acids is 2. The molecule has 2 N–H and O–H groups in total. The van der Waals surface area contributed by atoms with Crippen molar-refractivity contribution in [2.45, 2.75) is 32.4 Å². The van der Waals surface area contributed by atoms with E-state index in [2.05, 4.69) is 5.32 Å². The third-order valence-electron chi connectivity index (χ3n) is 2.91. The number of ether oxygens (including phenoxy) is 1. The molecule has 0 saturated carbocycles. The van der Waals surface area contributed by atoms with Gasteiger partial charge in [0.25, 0.3) is 0 Å². The van der Waals surface area contributed by atoms with Gasteiger partial charge in [-0.25, -0.2) is 0 Å². The number of hydrogen-bond donors (Lipinski definition) is 2. The molecule has 0 radical (unpaired) electrons. The van der Waals surface area contributed by atoms with E-state index in [0.717, 1.165) is 0 Å².